The van der Waals surface area contributed by atoms with Crippen LogP contribution in [0.15, 0.2) is 29.2 Å². The van der Waals surface area contributed by atoms with E-state index in [1.165, 1.54) is 29.9 Å². The molecule has 2 rings (SSSR count). The summed E-state index contributed by atoms with van der Waals surface area (Å²) in [5.74, 6) is 2.26. The van der Waals surface area contributed by atoms with E-state index in [0.717, 1.165) is 11.6 Å². The van der Waals surface area contributed by atoms with Crippen molar-refractivity contribution >= 4 is 17.4 Å². The van der Waals surface area contributed by atoms with Gasteiger partial charge in [0.25, 0.3) is 0 Å². The molecule has 1 nitrogen and oxygen atoms in total. The molecule has 2 heteroatoms. The first-order chi connectivity index (χ1) is 6.34. The van der Waals surface area contributed by atoms with Crippen LogP contribution in [0.4, 0.5) is 5.69 Å². The van der Waals surface area contributed by atoms with Gasteiger partial charge in [-0.1, -0.05) is 6.42 Å². The van der Waals surface area contributed by atoms with E-state index >= 15 is 0 Å². The molecule has 0 aliphatic heterocycles. The molecule has 0 amide bonds. The summed E-state index contributed by atoms with van der Waals surface area (Å²) in [6.07, 6.45) is 4.30. The van der Waals surface area contributed by atoms with Crippen molar-refractivity contribution in [2.75, 3.05) is 11.5 Å². The second kappa shape index (κ2) is 4.05. The van der Waals surface area contributed by atoms with Gasteiger partial charge in [0.1, 0.15) is 0 Å². The van der Waals surface area contributed by atoms with Gasteiger partial charge in [-0.3, -0.25) is 0 Å². The number of nitrogens with two attached hydrogens (primary N) is 1. The highest BCUT2D eigenvalue weighted by molar-refractivity contribution is 7.99. The third-order valence-electron chi connectivity index (χ3n) is 2.59. The van der Waals surface area contributed by atoms with E-state index in [0.29, 0.717) is 0 Å². The maximum absolute atomic E-state index is 5.61. The van der Waals surface area contributed by atoms with Gasteiger partial charge >= 0.3 is 0 Å². The molecule has 0 spiro atoms. The first kappa shape index (κ1) is 8.95. The standard InChI is InChI=1S/C11H15NS/c12-10-4-6-11(7-5-10)13-8-9-2-1-3-9/h4-7,9H,1-3,8,12H2. The zero-order valence-corrected chi connectivity index (χ0v) is 8.52. The summed E-state index contributed by atoms with van der Waals surface area (Å²) in [5, 5.41) is 0. The van der Waals surface area contributed by atoms with E-state index in [9.17, 15) is 0 Å². The van der Waals surface area contributed by atoms with Crippen LogP contribution in [0.25, 0.3) is 0 Å². The summed E-state index contributed by atoms with van der Waals surface area (Å²) >= 11 is 1.96. The van der Waals surface area contributed by atoms with Gasteiger partial charge in [-0.05, 0) is 43.0 Å². The Balaban J connectivity index is 1.83. The van der Waals surface area contributed by atoms with Crippen LogP contribution in [0.5, 0.6) is 0 Å². The minimum Gasteiger partial charge on any atom is -0.399 e. The van der Waals surface area contributed by atoms with E-state index < -0.39 is 0 Å². The second-order valence-electron chi connectivity index (χ2n) is 3.68. The van der Waals surface area contributed by atoms with Crippen molar-refractivity contribution < 1.29 is 0 Å². The molecule has 0 bridgehead atoms. The van der Waals surface area contributed by atoms with Crippen molar-refractivity contribution in [2.24, 2.45) is 5.92 Å². The molecule has 1 aromatic carbocycles. The topological polar surface area (TPSA) is 26.0 Å². The third-order valence-corrected chi connectivity index (χ3v) is 3.83. The molecule has 2 N–H and O–H groups in total. The quantitative estimate of drug-likeness (QED) is 0.589. The first-order valence-corrected chi connectivity index (χ1v) is 5.81. The number of benzene rings is 1. The summed E-state index contributed by atoms with van der Waals surface area (Å²) in [6.45, 7) is 0. The Morgan fingerprint density at radius 2 is 1.92 bits per heavy atom. The van der Waals surface area contributed by atoms with Gasteiger partial charge in [-0.2, -0.15) is 0 Å². The average molecular weight is 193 g/mol. The van der Waals surface area contributed by atoms with E-state index in [4.69, 9.17) is 5.73 Å². The number of anilines is 1. The molecule has 70 valence electrons. The first-order valence-electron chi connectivity index (χ1n) is 4.83. The molecule has 0 unspecified atom stereocenters. The van der Waals surface area contributed by atoms with Gasteiger partial charge in [0.15, 0.2) is 0 Å². The minimum absolute atomic E-state index is 0.855. The van der Waals surface area contributed by atoms with E-state index in [2.05, 4.69) is 12.1 Å². The normalized spacial score (nSPS) is 16.9. The Kier molecular flexibility index (Phi) is 2.79. The van der Waals surface area contributed by atoms with Crippen LogP contribution in [0.2, 0.25) is 0 Å². The predicted octanol–water partition coefficient (Wildman–Crippen LogP) is 3.16. The molecule has 1 saturated carbocycles. The van der Waals surface area contributed by atoms with Gasteiger partial charge in [0, 0.05) is 16.3 Å². The Morgan fingerprint density at radius 3 is 2.46 bits per heavy atom. The van der Waals surface area contributed by atoms with Crippen molar-refractivity contribution in [2.45, 2.75) is 24.2 Å². The van der Waals surface area contributed by atoms with Crippen molar-refractivity contribution in [1.82, 2.24) is 0 Å². The number of rotatable bonds is 3. The smallest absolute Gasteiger partial charge is 0.0314 e. The number of hydrogen-bond donors (Lipinski definition) is 1. The summed E-state index contributed by atoms with van der Waals surface area (Å²) in [4.78, 5) is 1.35. The Hall–Kier alpha value is -0.630. The van der Waals surface area contributed by atoms with Gasteiger partial charge in [0.05, 0.1) is 0 Å². The van der Waals surface area contributed by atoms with Crippen molar-refractivity contribution in [3.8, 4) is 0 Å². The van der Waals surface area contributed by atoms with Crippen LogP contribution in [0.1, 0.15) is 19.3 Å². The van der Waals surface area contributed by atoms with Crippen LogP contribution >= 0.6 is 11.8 Å². The van der Waals surface area contributed by atoms with Gasteiger partial charge in [0.2, 0.25) is 0 Å². The highest BCUT2D eigenvalue weighted by atomic mass is 32.2. The van der Waals surface area contributed by atoms with E-state index in [1.54, 1.807) is 0 Å². The Labute approximate surface area is 83.7 Å². The minimum atomic E-state index is 0.855. The second-order valence-corrected chi connectivity index (χ2v) is 4.77. The fourth-order valence-corrected chi connectivity index (χ4v) is 2.53. The zero-order chi connectivity index (χ0) is 9.10. The highest BCUT2D eigenvalue weighted by Crippen LogP contribution is 2.32. The number of nitrogen functional groups attached to an aromatic ring is 1. The lowest BCUT2D eigenvalue weighted by atomic mass is 9.87. The number of thioether (sulfide) groups is 1. The maximum atomic E-state index is 5.61. The van der Waals surface area contributed by atoms with Crippen molar-refractivity contribution in [1.29, 1.82) is 0 Å². The van der Waals surface area contributed by atoms with Crippen LogP contribution in [-0.4, -0.2) is 5.75 Å². The maximum Gasteiger partial charge on any atom is 0.0314 e. The summed E-state index contributed by atoms with van der Waals surface area (Å²) in [5.41, 5.74) is 6.47. The lowest BCUT2D eigenvalue weighted by molar-refractivity contribution is 0.353. The van der Waals surface area contributed by atoms with Crippen LogP contribution in [-0.2, 0) is 0 Å². The monoisotopic (exact) mass is 193 g/mol. The molecule has 0 atom stereocenters. The molecule has 0 saturated heterocycles. The van der Waals surface area contributed by atoms with E-state index in [-0.39, 0.29) is 0 Å². The van der Waals surface area contributed by atoms with Crippen molar-refractivity contribution in [3.63, 3.8) is 0 Å². The van der Waals surface area contributed by atoms with Crippen LogP contribution in [0, 0.1) is 5.92 Å². The van der Waals surface area contributed by atoms with Gasteiger partial charge < -0.3 is 5.73 Å². The summed E-state index contributed by atoms with van der Waals surface area (Å²) < 4.78 is 0. The number of hydrogen-bond acceptors (Lipinski definition) is 2. The fourth-order valence-electron chi connectivity index (χ4n) is 1.44. The molecular weight excluding hydrogens is 178 g/mol. The molecule has 1 fully saturated rings. The molecule has 1 aliphatic rings. The van der Waals surface area contributed by atoms with Crippen LogP contribution < -0.4 is 5.73 Å². The zero-order valence-electron chi connectivity index (χ0n) is 7.70. The van der Waals surface area contributed by atoms with Gasteiger partial charge in [-0.15, -0.1) is 11.8 Å². The predicted molar refractivity (Wildman–Crippen MR) is 58.9 cm³/mol. The molecule has 1 aromatic rings. The molecule has 0 heterocycles. The Bertz CT molecular complexity index is 264. The summed E-state index contributed by atoms with van der Waals surface area (Å²) in [7, 11) is 0. The largest absolute Gasteiger partial charge is 0.399 e. The molecular formula is C11H15NS. The fraction of sp³-hybridized carbons (Fsp3) is 0.455. The van der Waals surface area contributed by atoms with Crippen LogP contribution in [0.3, 0.4) is 0 Å². The lowest BCUT2D eigenvalue weighted by Crippen LogP contribution is -2.12. The molecule has 13 heavy (non-hydrogen) atoms. The molecule has 1 aliphatic carbocycles. The molecule has 0 radical (unpaired) electrons. The third kappa shape index (κ3) is 2.41. The average Bonchev–Trinajstić information content (AvgIpc) is 2.05. The van der Waals surface area contributed by atoms with Crippen molar-refractivity contribution in [3.05, 3.63) is 24.3 Å². The highest BCUT2D eigenvalue weighted by Gasteiger charge is 2.16. The molecule has 0 aromatic heterocycles. The van der Waals surface area contributed by atoms with Gasteiger partial charge in [-0.25, -0.2) is 0 Å². The van der Waals surface area contributed by atoms with E-state index in [1.807, 2.05) is 23.9 Å². The Morgan fingerprint density at radius 1 is 1.23 bits per heavy atom. The SMILES string of the molecule is Nc1ccc(SCC2CCC2)cc1. The summed E-state index contributed by atoms with van der Waals surface area (Å²) in [6, 6.07) is 8.17. The lowest BCUT2D eigenvalue weighted by Gasteiger charge is -2.24.